The zero-order valence-corrected chi connectivity index (χ0v) is 18.5. The van der Waals surface area contributed by atoms with Crippen LogP contribution in [0.1, 0.15) is 23.2 Å². The average molecular weight is 451 g/mol. The number of H-pyrrole nitrogens is 1. The van der Waals surface area contributed by atoms with Crippen molar-refractivity contribution >= 4 is 26.8 Å². The van der Waals surface area contributed by atoms with Gasteiger partial charge >= 0.3 is 0 Å². The maximum Gasteiger partial charge on any atom is 0.119 e. The zero-order chi connectivity index (χ0) is 20.0. The number of halogens is 1. The maximum absolute atomic E-state index is 5.58. The minimum absolute atomic E-state index is 0.150. The number of likely N-dealkylation sites (tertiary alicyclic amines) is 1. The van der Waals surface area contributed by atoms with Crippen LogP contribution in [0.2, 0.25) is 0 Å². The molecule has 1 aliphatic heterocycles. The molecule has 29 heavy (non-hydrogen) atoms. The van der Waals surface area contributed by atoms with Crippen molar-refractivity contribution in [3.8, 4) is 5.75 Å². The number of hydrogen-bond donors (Lipinski definition) is 1. The van der Waals surface area contributed by atoms with Crippen molar-refractivity contribution in [1.82, 2.24) is 9.88 Å². The zero-order valence-electron chi connectivity index (χ0n) is 16.9. The molecule has 0 bridgehead atoms. The van der Waals surface area contributed by atoms with Gasteiger partial charge in [-0.05, 0) is 73.2 Å². The molecular formula is C25H27BrN2O. The Morgan fingerprint density at radius 1 is 1.31 bits per heavy atom. The summed E-state index contributed by atoms with van der Waals surface area (Å²) in [5.74, 6) is 1.53. The quantitative estimate of drug-likeness (QED) is 0.532. The lowest BCUT2D eigenvalue weighted by Gasteiger charge is -2.51. The first kappa shape index (κ1) is 19.0. The number of hydrogen-bond acceptors (Lipinski definition) is 2. The average Bonchev–Trinajstić information content (AvgIpc) is 3.08. The second-order valence-corrected chi connectivity index (χ2v) is 9.45. The number of nitrogens with one attached hydrogen (secondary N) is 1. The van der Waals surface area contributed by atoms with Crippen molar-refractivity contribution in [3.63, 3.8) is 0 Å². The number of aromatic nitrogens is 1. The minimum Gasteiger partial charge on any atom is -0.497 e. The predicted octanol–water partition coefficient (Wildman–Crippen LogP) is 5.48. The molecule has 0 radical (unpaired) electrons. The summed E-state index contributed by atoms with van der Waals surface area (Å²) in [6.07, 6.45) is 5.37. The Hall–Kier alpha value is -2.04. The number of nitrogens with zero attached hydrogens (tertiary/aromatic N) is 1. The van der Waals surface area contributed by atoms with Crippen LogP contribution < -0.4 is 4.74 Å². The molecule has 3 aromatic rings. The number of aromatic amines is 1. The smallest absolute Gasteiger partial charge is 0.119 e. The standard InChI is InChI=1S/C25H27BrN2O/c1-3-10-28-11-9-25(17-5-4-6-20(12-17)29-2)15-24-21(13-18(25)16-28)22-14-19(26)7-8-23(22)27-24/h3-8,12,14,18,27H,1,9-11,13,15-16H2,2H3/t18?,25-/m1/s1. The van der Waals surface area contributed by atoms with Crippen molar-refractivity contribution < 1.29 is 4.74 Å². The molecule has 2 aromatic carbocycles. The molecule has 150 valence electrons. The molecule has 2 aliphatic rings. The molecule has 2 atom stereocenters. The Balaban J connectivity index is 1.63. The Labute approximate surface area is 180 Å². The third-order valence-corrected chi connectivity index (χ3v) is 7.56. The predicted molar refractivity (Wildman–Crippen MR) is 123 cm³/mol. The van der Waals surface area contributed by atoms with Gasteiger partial charge in [0, 0.05) is 39.6 Å². The highest BCUT2D eigenvalue weighted by Gasteiger charge is 2.47. The van der Waals surface area contributed by atoms with Crippen LogP contribution in [0.25, 0.3) is 10.9 Å². The summed E-state index contributed by atoms with van der Waals surface area (Å²) < 4.78 is 6.72. The van der Waals surface area contributed by atoms with Gasteiger partial charge in [-0.25, -0.2) is 0 Å². The number of methoxy groups -OCH3 is 1. The van der Waals surface area contributed by atoms with Crippen molar-refractivity contribution in [2.24, 2.45) is 5.92 Å². The molecule has 0 spiro atoms. The Kier molecular flexibility index (Phi) is 4.79. The first-order chi connectivity index (χ1) is 14.1. The van der Waals surface area contributed by atoms with Gasteiger partial charge in [-0.1, -0.05) is 34.1 Å². The van der Waals surface area contributed by atoms with Crippen LogP contribution in [0.15, 0.2) is 59.6 Å². The van der Waals surface area contributed by atoms with Crippen LogP contribution in [0.3, 0.4) is 0 Å². The minimum atomic E-state index is 0.150. The van der Waals surface area contributed by atoms with Gasteiger partial charge in [-0.15, -0.1) is 6.58 Å². The van der Waals surface area contributed by atoms with Crippen LogP contribution in [0, 0.1) is 5.92 Å². The summed E-state index contributed by atoms with van der Waals surface area (Å²) in [7, 11) is 1.76. The van der Waals surface area contributed by atoms with Crippen molar-refractivity contribution in [2.45, 2.75) is 24.7 Å². The first-order valence-electron chi connectivity index (χ1n) is 10.4. The number of piperidine rings is 1. The summed E-state index contributed by atoms with van der Waals surface area (Å²) in [6, 6.07) is 15.4. The lowest BCUT2D eigenvalue weighted by atomic mass is 9.58. The van der Waals surface area contributed by atoms with E-state index in [9.17, 15) is 0 Å². The summed E-state index contributed by atoms with van der Waals surface area (Å²) in [5, 5.41) is 1.37. The molecule has 2 heterocycles. The fourth-order valence-corrected chi connectivity index (χ4v) is 5.98. The second kappa shape index (κ2) is 7.33. The van der Waals surface area contributed by atoms with Crippen LogP contribution in [-0.2, 0) is 18.3 Å². The van der Waals surface area contributed by atoms with E-state index in [0.29, 0.717) is 5.92 Å². The van der Waals surface area contributed by atoms with E-state index in [1.54, 1.807) is 7.11 Å². The lowest BCUT2D eigenvalue weighted by Crippen LogP contribution is -2.53. The maximum atomic E-state index is 5.58. The molecule has 1 saturated heterocycles. The van der Waals surface area contributed by atoms with Crippen molar-refractivity contribution in [1.29, 1.82) is 0 Å². The van der Waals surface area contributed by atoms with E-state index < -0.39 is 0 Å². The number of ether oxygens (including phenoxy) is 1. The molecule has 4 heteroatoms. The summed E-state index contributed by atoms with van der Waals surface area (Å²) in [5.41, 5.74) is 5.74. The van der Waals surface area contributed by atoms with Crippen LogP contribution in [0.5, 0.6) is 5.75 Å². The van der Waals surface area contributed by atoms with Gasteiger partial charge in [-0.2, -0.15) is 0 Å². The van der Waals surface area contributed by atoms with Crippen molar-refractivity contribution in [3.05, 3.63) is 76.4 Å². The first-order valence-corrected chi connectivity index (χ1v) is 11.2. The number of fused-ring (bicyclic) bond motifs is 4. The second-order valence-electron chi connectivity index (χ2n) is 8.54. The molecule has 0 amide bonds. The van der Waals surface area contributed by atoms with Gasteiger partial charge in [0.25, 0.3) is 0 Å². The van der Waals surface area contributed by atoms with E-state index in [2.05, 4.69) is 74.9 Å². The van der Waals surface area contributed by atoms with Gasteiger partial charge < -0.3 is 9.72 Å². The van der Waals surface area contributed by atoms with Crippen molar-refractivity contribution in [2.75, 3.05) is 26.7 Å². The summed E-state index contributed by atoms with van der Waals surface area (Å²) in [4.78, 5) is 6.32. The van der Waals surface area contributed by atoms with Gasteiger partial charge in [-0.3, -0.25) is 4.90 Å². The Bertz CT molecular complexity index is 1070. The van der Waals surface area contributed by atoms with E-state index in [-0.39, 0.29) is 5.41 Å². The lowest BCUT2D eigenvalue weighted by molar-refractivity contribution is 0.0896. The van der Waals surface area contributed by atoms with E-state index in [1.807, 2.05) is 6.08 Å². The van der Waals surface area contributed by atoms with Gasteiger partial charge in [0.15, 0.2) is 0 Å². The largest absolute Gasteiger partial charge is 0.497 e. The molecule has 1 fully saturated rings. The summed E-state index contributed by atoms with van der Waals surface area (Å²) >= 11 is 3.66. The molecule has 1 aliphatic carbocycles. The third-order valence-electron chi connectivity index (χ3n) is 7.07. The van der Waals surface area contributed by atoms with E-state index in [1.165, 1.54) is 27.7 Å². The van der Waals surface area contributed by atoms with E-state index >= 15 is 0 Å². The third kappa shape index (κ3) is 3.13. The SMILES string of the molecule is C=CCN1CC[C@]2(c3cccc(OC)c3)Cc3[nH]c4ccc(Br)cc4c3CC2C1. The van der Waals surface area contributed by atoms with Crippen LogP contribution in [0.4, 0.5) is 0 Å². The molecule has 0 saturated carbocycles. The molecule has 1 unspecified atom stereocenters. The molecule has 1 N–H and O–H groups in total. The molecule has 5 rings (SSSR count). The fraction of sp³-hybridized carbons (Fsp3) is 0.360. The molecular weight excluding hydrogens is 424 g/mol. The van der Waals surface area contributed by atoms with E-state index in [4.69, 9.17) is 4.74 Å². The molecule has 3 nitrogen and oxygen atoms in total. The highest BCUT2D eigenvalue weighted by molar-refractivity contribution is 9.10. The highest BCUT2D eigenvalue weighted by Crippen LogP contribution is 2.49. The Morgan fingerprint density at radius 2 is 2.21 bits per heavy atom. The summed E-state index contributed by atoms with van der Waals surface area (Å²) in [6.45, 7) is 7.16. The van der Waals surface area contributed by atoms with Gasteiger partial charge in [0.2, 0.25) is 0 Å². The molecule has 1 aromatic heterocycles. The highest BCUT2D eigenvalue weighted by atomic mass is 79.9. The fourth-order valence-electron chi connectivity index (χ4n) is 5.62. The number of rotatable bonds is 4. The van der Waals surface area contributed by atoms with Crippen LogP contribution >= 0.6 is 15.9 Å². The van der Waals surface area contributed by atoms with Gasteiger partial charge in [0.1, 0.15) is 5.75 Å². The topological polar surface area (TPSA) is 28.3 Å². The van der Waals surface area contributed by atoms with E-state index in [0.717, 1.165) is 49.1 Å². The van der Waals surface area contributed by atoms with Crippen LogP contribution in [-0.4, -0.2) is 36.6 Å². The monoisotopic (exact) mass is 450 g/mol. The van der Waals surface area contributed by atoms with Gasteiger partial charge in [0.05, 0.1) is 7.11 Å². The normalized spacial score (nSPS) is 24.1. The number of benzene rings is 2. The Morgan fingerprint density at radius 3 is 3.03 bits per heavy atom.